The summed E-state index contributed by atoms with van der Waals surface area (Å²) in [5, 5.41) is 11.3. The minimum Gasteiger partial charge on any atom is -0.481 e. The molecule has 0 fully saturated rings. The molecule has 1 atom stereocenters. The molecule has 0 aliphatic carbocycles. The second kappa shape index (κ2) is 6.79. The maximum Gasteiger partial charge on any atom is 0.306 e. The van der Waals surface area contributed by atoms with E-state index in [0.717, 1.165) is 28.6 Å². The van der Waals surface area contributed by atoms with E-state index in [1.165, 1.54) is 0 Å². The fraction of sp³-hybridized carbons (Fsp3) is 0.389. The molecule has 1 aromatic heterocycles. The molecule has 2 N–H and O–H groups in total. The number of allylic oxidation sites excluding steroid dienone is 2. The molecule has 1 aromatic carbocycles. The average Bonchev–Trinajstić information content (AvgIpc) is 2.92. The van der Waals surface area contributed by atoms with Crippen LogP contribution in [0.5, 0.6) is 0 Å². The van der Waals surface area contributed by atoms with E-state index in [1.807, 2.05) is 25.1 Å². The first-order valence-electron chi connectivity index (χ1n) is 7.94. The quantitative estimate of drug-likeness (QED) is 0.724. The highest BCUT2D eigenvalue weighted by molar-refractivity contribution is 6.45. The Bertz CT molecular complexity index is 812. The number of aromatic nitrogens is 1. The Kier molecular flexibility index (Phi) is 4.90. The molecule has 0 saturated heterocycles. The first-order valence-corrected chi connectivity index (χ1v) is 8.70. The predicted molar refractivity (Wildman–Crippen MR) is 96.0 cm³/mol. The minimum absolute atomic E-state index is 0.0876. The fourth-order valence-corrected chi connectivity index (χ4v) is 3.93. The highest BCUT2D eigenvalue weighted by atomic mass is 35.5. The van der Waals surface area contributed by atoms with Gasteiger partial charge in [0.2, 0.25) is 0 Å². The van der Waals surface area contributed by atoms with Crippen molar-refractivity contribution < 1.29 is 14.6 Å². The maximum absolute atomic E-state index is 11.5. The molecular weight excluding hydrogens is 349 g/mol. The van der Waals surface area contributed by atoms with Crippen molar-refractivity contribution in [1.82, 2.24) is 4.98 Å². The van der Waals surface area contributed by atoms with Crippen LogP contribution in [-0.2, 0) is 21.6 Å². The Morgan fingerprint density at radius 1 is 1.46 bits per heavy atom. The van der Waals surface area contributed by atoms with Gasteiger partial charge in [-0.05, 0) is 43.9 Å². The number of fused-ring (bicyclic) bond motifs is 3. The van der Waals surface area contributed by atoms with E-state index >= 15 is 0 Å². The Hall–Kier alpha value is -1.49. The zero-order chi connectivity index (χ0) is 17.3. The zero-order valence-corrected chi connectivity index (χ0v) is 14.9. The number of carbonyl (C=O) groups is 1. The smallest absolute Gasteiger partial charge is 0.306 e. The number of hydrogen-bond acceptors (Lipinski definition) is 2. The molecule has 0 amide bonds. The van der Waals surface area contributed by atoms with Gasteiger partial charge in [0.25, 0.3) is 0 Å². The summed E-state index contributed by atoms with van der Waals surface area (Å²) in [5.74, 6) is -0.883. The average molecular weight is 368 g/mol. The van der Waals surface area contributed by atoms with Crippen LogP contribution < -0.4 is 0 Å². The highest BCUT2D eigenvalue weighted by Crippen LogP contribution is 2.45. The molecule has 2 aromatic rings. The van der Waals surface area contributed by atoms with E-state index in [9.17, 15) is 9.90 Å². The van der Waals surface area contributed by atoms with Crippen molar-refractivity contribution in [3.05, 3.63) is 45.6 Å². The van der Waals surface area contributed by atoms with Crippen LogP contribution in [0.2, 0.25) is 10.0 Å². The van der Waals surface area contributed by atoms with Crippen LogP contribution in [0.1, 0.15) is 37.4 Å². The highest BCUT2D eigenvalue weighted by Gasteiger charge is 2.42. The standard InChI is InChI=1S/C18H19Cl2NO3/c1-2-3-4-8-18(10-14(22)23)17-11(7-9-24-18)15-13(21-17)6-5-12(19)16(15)20/h2-3,5-6,21H,4,7-10H2,1H3,(H,22,23). The molecule has 6 heteroatoms. The number of aliphatic carboxylic acids is 1. The second-order valence-corrected chi connectivity index (χ2v) is 6.82. The van der Waals surface area contributed by atoms with Gasteiger partial charge in [-0.1, -0.05) is 35.4 Å². The summed E-state index contributed by atoms with van der Waals surface area (Å²) in [5.41, 5.74) is 1.83. The van der Waals surface area contributed by atoms with Gasteiger partial charge in [0.05, 0.1) is 28.8 Å². The van der Waals surface area contributed by atoms with Gasteiger partial charge in [-0.2, -0.15) is 0 Å². The number of benzene rings is 1. The predicted octanol–water partition coefficient (Wildman–Crippen LogP) is 5.07. The van der Waals surface area contributed by atoms with E-state index < -0.39 is 11.6 Å². The lowest BCUT2D eigenvalue weighted by molar-refractivity contribution is -0.149. The second-order valence-electron chi connectivity index (χ2n) is 6.03. The van der Waals surface area contributed by atoms with Gasteiger partial charge in [-0.15, -0.1) is 0 Å². The van der Waals surface area contributed by atoms with Crippen LogP contribution in [-0.4, -0.2) is 22.7 Å². The lowest BCUT2D eigenvalue weighted by Crippen LogP contribution is -2.37. The number of ether oxygens (including phenoxy) is 1. The molecule has 1 aliphatic rings. The van der Waals surface area contributed by atoms with E-state index in [0.29, 0.717) is 29.5 Å². The van der Waals surface area contributed by atoms with E-state index in [1.54, 1.807) is 6.07 Å². The van der Waals surface area contributed by atoms with Crippen molar-refractivity contribution in [3.8, 4) is 0 Å². The molecule has 4 nitrogen and oxygen atoms in total. The number of carboxylic acids is 1. The summed E-state index contributed by atoms with van der Waals surface area (Å²) in [4.78, 5) is 14.8. The maximum atomic E-state index is 11.5. The summed E-state index contributed by atoms with van der Waals surface area (Å²) in [6.45, 7) is 2.41. The molecule has 1 aliphatic heterocycles. The molecule has 0 bridgehead atoms. The van der Waals surface area contributed by atoms with Crippen molar-refractivity contribution in [2.45, 2.75) is 38.2 Å². The first-order chi connectivity index (χ1) is 11.5. The number of halogens is 2. The third-order valence-electron chi connectivity index (χ3n) is 4.53. The van der Waals surface area contributed by atoms with Gasteiger partial charge in [-0.3, -0.25) is 4.79 Å². The molecule has 0 radical (unpaired) electrons. The lowest BCUT2D eigenvalue weighted by atomic mass is 9.84. The van der Waals surface area contributed by atoms with Crippen LogP contribution in [0.3, 0.4) is 0 Å². The third kappa shape index (κ3) is 2.94. The van der Waals surface area contributed by atoms with E-state index in [4.69, 9.17) is 27.9 Å². The first kappa shape index (κ1) is 17.3. The molecule has 1 unspecified atom stereocenters. The molecule has 24 heavy (non-hydrogen) atoms. The topological polar surface area (TPSA) is 62.3 Å². The van der Waals surface area contributed by atoms with Gasteiger partial charge >= 0.3 is 5.97 Å². The van der Waals surface area contributed by atoms with Crippen LogP contribution in [0.15, 0.2) is 24.3 Å². The van der Waals surface area contributed by atoms with Crippen molar-refractivity contribution in [2.24, 2.45) is 0 Å². The SMILES string of the molecule is CC=CCCC1(CC(=O)O)OCCc2c1[nH]c1ccc(Cl)c(Cl)c21. The summed E-state index contributed by atoms with van der Waals surface area (Å²) in [6.07, 6.45) is 5.91. The van der Waals surface area contributed by atoms with Crippen molar-refractivity contribution in [2.75, 3.05) is 6.61 Å². The number of nitrogens with one attached hydrogen (secondary N) is 1. The Labute approximate surface area is 150 Å². The Morgan fingerprint density at radius 3 is 2.96 bits per heavy atom. The Balaban J connectivity index is 2.17. The molecule has 0 saturated carbocycles. The van der Waals surface area contributed by atoms with Gasteiger partial charge < -0.3 is 14.8 Å². The third-order valence-corrected chi connectivity index (χ3v) is 5.34. The van der Waals surface area contributed by atoms with Crippen LogP contribution in [0, 0.1) is 0 Å². The van der Waals surface area contributed by atoms with Gasteiger partial charge in [0.1, 0.15) is 5.60 Å². The fourth-order valence-electron chi connectivity index (χ4n) is 3.50. The molecule has 0 spiro atoms. The largest absolute Gasteiger partial charge is 0.481 e. The normalized spacial score (nSPS) is 20.6. The van der Waals surface area contributed by atoms with Gasteiger partial charge in [0, 0.05) is 10.9 Å². The lowest BCUT2D eigenvalue weighted by Gasteiger charge is -2.36. The molecule has 2 heterocycles. The Morgan fingerprint density at radius 2 is 2.25 bits per heavy atom. The molecule has 128 valence electrons. The summed E-state index contributed by atoms with van der Waals surface area (Å²) >= 11 is 12.6. The van der Waals surface area contributed by atoms with Crippen molar-refractivity contribution >= 4 is 40.1 Å². The number of rotatable bonds is 5. The molecule has 3 rings (SSSR count). The summed E-state index contributed by atoms with van der Waals surface area (Å²) in [6, 6.07) is 3.62. The van der Waals surface area contributed by atoms with Crippen molar-refractivity contribution in [3.63, 3.8) is 0 Å². The van der Waals surface area contributed by atoms with Crippen LogP contribution >= 0.6 is 23.2 Å². The summed E-state index contributed by atoms with van der Waals surface area (Å²) < 4.78 is 6.03. The number of aromatic amines is 1. The number of H-pyrrole nitrogens is 1. The molecular formula is C18H19Cl2NO3. The van der Waals surface area contributed by atoms with Crippen molar-refractivity contribution in [1.29, 1.82) is 0 Å². The monoisotopic (exact) mass is 367 g/mol. The van der Waals surface area contributed by atoms with Gasteiger partial charge in [0.15, 0.2) is 0 Å². The van der Waals surface area contributed by atoms with E-state index in [2.05, 4.69) is 4.98 Å². The van der Waals surface area contributed by atoms with Crippen LogP contribution in [0.4, 0.5) is 0 Å². The van der Waals surface area contributed by atoms with Gasteiger partial charge in [-0.25, -0.2) is 0 Å². The number of hydrogen-bond donors (Lipinski definition) is 2. The summed E-state index contributed by atoms with van der Waals surface area (Å²) in [7, 11) is 0. The zero-order valence-electron chi connectivity index (χ0n) is 13.4. The minimum atomic E-state index is -0.883. The van der Waals surface area contributed by atoms with Crippen LogP contribution in [0.25, 0.3) is 10.9 Å². The number of carboxylic acid groups (broad SMARTS) is 1. The van der Waals surface area contributed by atoms with E-state index in [-0.39, 0.29) is 6.42 Å².